The third-order valence-corrected chi connectivity index (χ3v) is 4.82. The summed E-state index contributed by atoms with van der Waals surface area (Å²) in [5.74, 6) is 1.77. The molecule has 1 saturated carbocycles. The lowest BCUT2D eigenvalue weighted by Gasteiger charge is -2.24. The van der Waals surface area contributed by atoms with Crippen molar-refractivity contribution < 1.29 is 0 Å². The minimum absolute atomic E-state index is 0.864. The first-order chi connectivity index (χ1) is 8.93. The summed E-state index contributed by atoms with van der Waals surface area (Å²) in [4.78, 5) is 0. The van der Waals surface area contributed by atoms with E-state index in [1.807, 2.05) is 0 Å². The summed E-state index contributed by atoms with van der Waals surface area (Å²) >= 11 is 0. The van der Waals surface area contributed by atoms with E-state index in [2.05, 4.69) is 29.6 Å². The van der Waals surface area contributed by atoms with Gasteiger partial charge in [-0.15, -0.1) is 0 Å². The summed E-state index contributed by atoms with van der Waals surface area (Å²) in [6, 6.07) is 9.25. The van der Waals surface area contributed by atoms with Crippen LogP contribution in [-0.4, -0.2) is 13.1 Å². The SMILES string of the molecule is c1ccc(C2CCCC2)c(CC2CCNCC2)c1. The molecule has 1 N–H and O–H groups in total. The van der Waals surface area contributed by atoms with Gasteiger partial charge in [-0.3, -0.25) is 0 Å². The van der Waals surface area contributed by atoms with Crippen LogP contribution in [0.4, 0.5) is 0 Å². The Balaban J connectivity index is 1.73. The molecule has 98 valence electrons. The minimum atomic E-state index is 0.864. The third kappa shape index (κ3) is 2.77. The second kappa shape index (κ2) is 5.88. The van der Waals surface area contributed by atoms with E-state index in [9.17, 15) is 0 Å². The van der Waals surface area contributed by atoms with Gasteiger partial charge < -0.3 is 5.32 Å². The Kier molecular flexibility index (Phi) is 3.99. The normalized spacial score (nSPS) is 22.4. The van der Waals surface area contributed by atoms with Gasteiger partial charge in [-0.25, -0.2) is 0 Å². The second-order valence-electron chi connectivity index (χ2n) is 6.08. The highest BCUT2D eigenvalue weighted by Gasteiger charge is 2.21. The molecule has 1 nitrogen and oxygen atoms in total. The van der Waals surface area contributed by atoms with Gasteiger partial charge in [0.2, 0.25) is 0 Å². The Hall–Kier alpha value is -0.820. The highest BCUT2D eigenvalue weighted by Crippen LogP contribution is 2.36. The zero-order valence-electron chi connectivity index (χ0n) is 11.3. The molecule has 1 aliphatic carbocycles. The highest BCUT2D eigenvalue weighted by molar-refractivity contribution is 5.31. The highest BCUT2D eigenvalue weighted by atomic mass is 14.9. The van der Waals surface area contributed by atoms with Gasteiger partial charge in [-0.2, -0.15) is 0 Å². The van der Waals surface area contributed by atoms with Crippen molar-refractivity contribution in [2.45, 2.75) is 50.9 Å². The van der Waals surface area contributed by atoms with Crippen LogP contribution in [0.5, 0.6) is 0 Å². The molecule has 1 aliphatic heterocycles. The Morgan fingerprint density at radius 2 is 1.67 bits per heavy atom. The summed E-state index contributed by atoms with van der Waals surface area (Å²) in [7, 11) is 0. The lowest BCUT2D eigenvalue weighted by Crippen LogP contribution is -2.28. The van der Waals surface area contributed by atoms with Crippen LogP contribution in [0.3, 0.4) is 0 Å². The lowest BCUT2D eigenvalue weighted by atomic mass is 9.85. The summed E-state index contributed by atoms with van der Waals surface area (Å²) in [5.41, 5.74) is 3.32. The number of rotatable bonds is 3. The number of piperidine rings is 1. The van der Waals surface area contributed by atoms with E-state index in [4.69, 9.17) is 0 Å². The lowest BCUT2D eigenvalue weighted by molar-refractivity contribution is 0.371. The molecule has 0 unspecified atom stereocenters. The maximum atomic E-state index is 3.47. The molecule has 18 heavy (non-hydrogen) atoms. The van der Waals surface area contributed by atoms with Gasteiger partial charge in [0.15, 0.2) is 0 Å². The van der Waals surface area contributed by atoms with Gasteiger partial charge >= 0.3 is 0 Å². The summed E-state index contributed by atoms with van der Waals surface area (Å²) in [6.07, 6.45) is 9.75. The van der Waals surface area contributed by atoms with Crippen molar-refractivity contribution in [2.75, 3.05) is 13.1 Å². The molecule has 1 heterocycles. The molecule has 1 heteroatoms. The van der Waals surface area contributed by atoms with Crippen LogP contribution in [0.2, 0.25) is 0 Å². The Labute approximate surface area is 111 Å². The van der Waals surface area contributed by atoms with Crippen molar-refractivity contribution in [3.8, 4) is 0 Å². The van der Waals surface area contributed by atoms with Gasteiger partial charge in [0.1, 0.15) is 0 Å². The van der Waals surface area contributed by atoms with Crippen molar-refractivity contribution in [3.63, 3.8) is 0 Å². The molecule has 1 aromatic carbocycles. The van der Waals surface area contributed by atoms with Crippen molar-refractivity contribution in [3.05, 3.63) is 35.4 Å². The van der Waals surface area contributed by atoms with Crippen LogP contribution in [0.25, 0.3) is 0 Å². The number of hydrogen-bond donors (Lipinski definition) is 1. The molecular formula is C17H25N. The standard InChI is InChI=1S/C17H25N/c1-2-6-15(5-1)17-8-4-3-7-16(17)13-14-9-11-18-12-10-14/h3-4,7-8,14-15,18H,1-2,5-6,9-13H2. The Morgan fingerprint density at radius 3 is 2.44 bits per heavy atom. The molecule has 1 saturated heterocycles. The quantitative estimate of drug-likeness (QED) is 0.849. The molecule has 0 radical (unpaired) electrons. The predicted molar refractivity (Wildman–Crippen MR) is 76.9 cm³/mol. The number of benzene rings is 1. The van der Waals surface area contributed by atoms with E-state index < -0.39 is 0 Å². The molecule has 0 aromatic heterocycles. The van der Waals surface area contributed by atoms with E-state index >= 15 is 0 Å². The molecule has 2 aliphatic rings. The average molecular weight is 243 g/mol. The van der Waals surface area contributed by atoms with E-state index in [1.54, 1.807) is 11.1 Å². The summed E-state index contributed by atoms with van der Waals surface area (Å²) in [6.45, 7) is 2.44. The maximum absolute atomic E-state index is 3.47. The fourth-order valence-corrected chi connectivity index (χ4v) is 3.75. The van der Waals surface area contributed by atoms with Gasteiger partial charge in [-0.05, 0) is 68.2 Å². The smallest absolute Gasteiger partial charge is 0.00462 e. The van der Waals surface area contributed by atoms with Gasteiger partial charge in [0.25, 0.3) is 0 Å². The molecule has 0 amide bonds. The largest absolute Gasteiger partial charge is 0.317 e. The monoisotopic (exact) mass is 243 g/mol. The van der Waals surface area contributed by atoms with Gasteiger partial charge in [0.05, 0.1) is 0 Å². The first-order valence-corrected chi connectivity index (χ1v) is 7.72. The molecule has 0 spiro atoms. The van der Waals surface area contributed by atoms with Crippen molar-refractivity contribution in [1.29, 1.82) is 0 Å². The van der Waals surface area contributed by atoms with E-state index in [-0.39, 0.29) is 0 Å². The zero-order chi connectivity index (χ0) is 12.2. The van der Waals surface area contributed by atoms with Crippen LogP contribution in [0.1, 0.15) is 55.6 Å². The van der Waals surface area contributed by atoms with Crippen LogP contribution in [0.15, 0.2) is 24.3 Å². The molecule has 0 atom stereocenters. The Bertz CT molecular complexity index is 373. The molecule has 0 bridgehead atoms. The predicted octanol–water partition coefficient (Wildman–Crippen LogP) is 3.89. The second-order valence-corrected chi connectivity index (χ2v) is 6.08. The third-order valence-electron chi connectivity index (χ3n) is 4.82. The van der Waals surface area contributed by atoms with Crippen LogP contribution in [0, 0.1) is 5.92 Å². The van der Waals surface area contributed by atoms with E-state index in [0.29, 0.717) is 0 Å². The summed E-state index contributed by atoms with van der Waals surface area (Å²) in [5, 5.41) is 3.47. The molecular weight excluding hydrogens is 218 g/mol. The fraction of sp³-hybridized carbons (Fsp3) is 0.647. The number of nitrogens with one attached hydrogen (secondary N) is 1. The van der Waals surface area contributed by atoms with Crippen molar-refractivity contribution >= 4 is 0 Å². The summed E-state index contributed by atoms with van der Waals surface area (Å²) < 4.78 is 0. The first-order valence-electron chi connectivity index (χ1n) is 7.72. The molecule has 2 fully saturated rings. The van der Waals surface area contributed by atoms with E-state index in [0.717, 1.165) is 11.8 Å². The van der Waals surface area contributed by atoms with E-state index in [1.165, 1.54) is 58.0 Å². The van der Waals surface area contributed by atoms with Crippen LogP contribution < -0.4 is 5.32 Å². The van der Waals surface area contributed by atoms with Gasteiger partial charge in [-0.1, -0.05) is 37.1 Å². The minimum Gasteiger partial charge on any atom is -0.317 e. The average Bonchev–Trinajstić information content (AvgIpc) is 2.94. The number of hydrogen-bond acceptors (Lipinski definition) is 1. The Morgan fingerprint density at radius 1 is 0.944 bits per heavy atom. The van der Waals surface area contributed by atoms with Crippen LogP contribution >= 0.6 is 0 Å². The van der Waals surface area contributed by atoms with Gasteiger partial charge in [0, 0.05) is 0 Å². The molecule has 1 aromatic rings. The van der Waals surface area contributed by atoms with Crippen LogP contribution in [-0.2, 0) is 6.42 Å². The zero-order valence-corrected chi connectivity index (χ0v) is 11.3. The fourth-order valence-electron chi connectivity index (χ4n) is 3.75. The first kappa shape index (κ1) is 12.2. The maximum Gasteiger partial charge on any atom is -0.00462 e. The van der Waals surface area contributed by atoms with Crippen molar-refractivity contribution in [2.24, 2.45) is 5.92 Å². The topological polar surface area (TPSA) is 12.0 Å². The van der Waals surface area contributed by atoms with Crippen molar-refractivity contribution in [1.82, 2.24) is 5.32 Å². The molecule has 3 rings (SSSR count).